The molecule has 2 aliphatic rings. The monoisotopic (exact) mass is 540 g/mol. The van der Waals surface area contributed by atoms with E-state index < -0.39 is 46.7 Å². The average Bonchev–Trinajstić information content (AvgIpc) is 3.34. The number of rotatable bonds is 6. The molecule has 12 nitrogen and oxygen atoms in total. The number of anilines is 1. The van der Waals surface area contributed by atoms with Crippen LogP contribution < -0.4 is 5.32 Å². The second-order valence-electron chi connectivity index (χ2n) is 8.66. The van der Waals surface area contributed by atoms with Crippen molar-refractivity contribution in [3.05, 3.63) is 18.1 Å². The molecule has 2 aromatic rings. The fraction of sp³-hybridized carbons (Fsp3) is 0.571. The number of ether oxygens (including phenoxy) is 5. The fourth-order valence-corrected chi connectivity index (χ4v) is 4.83. The van der Waals surface area contributed by atoms with Crippen molar-refractivity contribution < 1.29 is 38.1 Å². The van der Waals surface area contributed by atoms with Crippen LogP contribution in [-0.2, 0) is 38.1 Å². The second kappa shape index (κ2) is 8.87. The van der Waals surface area contributed by atoms with Gasteiger partial charge in [-0.15, -0.1) is 0 Å². The van der Waals surface area contributed by atoms with Crippen LogP contribution in [0.4, 0.5) is 5.82 Å². The van der Waals surface area contributed by atoms with Crippen molar-refractivity contribution in [3.63, 3.8) is 0 Å². The van der Waals surface area contributed by atoms with E-state index in [1.54, 1.807) is 20.0 Å². The van der Waals surface area contributed by atoms with Gasteiger partial charge in [0.25, 0.3) is 0 Å². The predicted molar refractivity (Wildman–Crippen MR) is 120 cm³/mol. The summed E-state index contributed by atoms with van der Waals surface area (Å²) in [6.07, 6.45) is 0.994. The lowest BCUT2D eigenvalue weighted by Gasteiger charge is -2.26. The van der Waals surface area contributed by atoms with E-state index >= 15 is 0 Å². The normalized spacial score (nSPS) is 30.4. The molecule has 0 spiro atoms. The zero-order chi connectivity index (χ0) is 24.8. The van der Waals surface area contributed by atoms with Gasteiger partial charge in [-0.05, 0) is 13.8 Å². The summed E-state index contributed by atoms with van der Waals surface area (Å²) in [5.74, 6) is -2.59. The van der Waals surface area contributed by atoms with E-state index in [1.807, 2.05) is 0 Å². The van der Waals surface area contributed by atoms with Crippen LogP contribution in [0.5, 0.6) is 0 Å². The highest BCUT2D eigenvalue weighted by molar-refractivity contribution is 9.09. The van der Waals surface area contributed by atoms with Gasteiger partial charge in [-0.25, -0.2) is 14.8 Å². The largest absolute Gasteiger partial charge is 0.458 e. The number of cyclic esters (lactones) is 1. The smallest absolute Gasteiger partial charge is 0.342 e. The SMILES string of the molecule is CC(=O)Nc1ncnc2c([C@@H]3O[C@H](COC4(C)OC(=O)C(C)(C)O4)[C@@H](OC(C)=O)[C@@H]3Br)c[nH]c12. The number of hydrogen-bond acceptors (Lipinski definition) is 10. The van der Waals surface area contributed by atoms with Crippen LogP contribution >= 0.6 is 15.9 Å². The molecule has 0 aromatic carbocycles. The molecule has 1 amide bonds. The van der Waals surface area contributed by atoms with E-state index in [0.717, 1.165) is 0 Å². The number of nitrogens with zero attached hydrogens (tertiary/aromatic N) is 2. The van der Waals surface area contributed by atoms with Crippen LogP contribution in [0.1, 0.15) is 46.3 Å². The van der Waals surface area contributed by atoms with Crippen molar-refractivity contribution in [1.82, 2.24) is 15.0 Å². The molecule has 2 aliphatic heterocycles. The maximum absolute atomic E-state index is 12.0. The summed E-state index contributed by atoms with van der Waals surface area (Å²) in [4.78, 5) is 46.4. The molecule has 2 fully saturated rings. The molecule has 0 bridgehead atoms. The van der Waals surface area contributed by atoms with Crippen molar-refractivity contribution in [2.75, 3.05) is 11.9 Å². The number of fused-ring (bicyclic) bond motifs is 1. The van der Waals surface area contributed by atoms with Gasteiger partial charge in [-0.1, -0.05) is 15.9 Å². The molecular weight excluding hydrogens is 516 g/mol. The van der Waals surface area contributed by atoms with Gasteiger partial charge >= 0.3 is 17.9 Å². The Labute approximate surface area is 203 Å². The zero-order valence-corrected chi connectivity index (χ0v) is 20.8. The van der Waals surface area contributed by atoms with Gasteiger partial charge in [0.1, 0.15) is 30.2 Å². The van der Waals surface area contributed by atoms with Crippen molar-refractivity contribution >= 4 is 50.6 Å². The molecule has 2 N–H and O–H groups in total. The van der Waals surface area contributed by atoms with Crippen molar-refractivity contribution in [2.45, 2.75) is 69.3 Å². The summed E-state index contributed by atoms with van der Waals surface area (Å²) in [6, 6.07) is 0. The molecule has 2 saturated heterocycles. The molecule has 0 aliphatic carbocycles. The fourth-order valence-electron chi connectivity index (χ4n) is 3.98. The first kappa shape index (κ1) is 24.5. The molecule has 0 saturated carbocycles. The van der Waals surface area contributed by atoms with E-state index in [-0.39, 0.29) is 12.5 Å². The van der Waals surface area contributed by atoms with Gasteiger partial charge in [0.15, 0.2) is 11.4 Å². The maximum Gasteiger partial charge on any atom is 0.342 e. The summed E-state index contributed by atoms with van der Waals surface area (Å²) >= 11 is 3.60. The quantitative estimate of drug-likeness (QED) is 0.411. The summed E-state index contributed by atoms with van der Waals surface area (Å²) in [6.45, 7) is 7.24. The number of alkyl halides is 1. The summed E-state index contributed by atoms with van der Waals surface area (Å²) < 4.78 is 28.4. The Morgan fingerprint density at radius 3 is 2.62 bits per heavy atom. The molecule has 13 heteroatoms. The van der Waals surface area contributed by atoms with Crippen molar-refractivity contribution in [1.29, 1.82) is 0 Å². The molecule has 0 radical (unpaired) electrons. The number of esters is 2. The van der Waals surface area contributed by atoms with Crippen LogP contribution in [0, 0.1) is 0 Å². The number of nitrogens with one attached hydrogen (secondary N) is 2. The number of amides is 1. The van der Waals surface area contributed by atoms with Crippen LogP contribution in [0.2, 0.25) is 0 Å². The van der Waals surface area contributed by atoms with Crippen LogP contribution in [0.3, 0.4) is 0 Å². The number of halogens is 1. The molecule has 1 unspecified atom stereocenters. The van der Waals surface area contributed by atoms with Gasteiger partial charge in [-0.3, -0.25) is 14.3 Å². The van der Waals surface area contributed by atoms with Gasteiger partial charge in [-0.2, -0.15) is 0 Å². The van der Waals surface area contributed by atoms with Crippen LogP contribution in [0.15, 0.2) is 12.5 Å². The van der Waals surface area contributed by atoms with Gasteiger partial charge in [0.05, 0.1) is 17.0 Å². The predicted octanol–water partition coefficient (Wildman–Crippen LogP) is 2.09. The molecule has 2 aromatic heterocycles. The lowest BCUT2D eigenvalue weighted by atomic mass is 10.1. The minimum Gasteiger partial charge on any atom is -0.458 e. The molecule has 184 valence electrons. The van der Waals surface area contributed by atoms with Crippen molar-refractivity contribution in [3.8, 4) is 0 Å². The minimum atomic E-state index is -1.61. The number of carbonyl (C=O) groups is 3. The zero-order valence-electron chi connectivity index (χ0n) is 19.2. The Bertz CT molecular complexity index is 1140. The lowest BCUT2D eigenvalue weighted by Crippen LogP contribution is -2.40. The Hall–Kier alpha value is -2.61. The standard InChI is InChI=1S/C21H25BrN4O8/c1-9(27)26-18-15-14(24-8-25-18)11(6-23-15)16-13(22)17(31-10(2)28)12(32-16)7-30-21(5)33-19(29)20(3,4)34-21/h6,8,12-13,16-17,23H,7H2,1-5H3,(H,24,25,26,27)/t12-,13-,16+,17-,21?/m1/s1. The lowest BCUT2D eigenvalue weighted by molar-refractivity contribution is -0.335. The molecule has 34 heavy (non-hydrogen) atoms. The van der Waals surface area contributed by atoms with Gasteiger partial charge in [0, 0.05) is 32.5 Å². The summed E-state index contributed by atoms with van der Waals surface area (Å²) in [7, 11) is 0. The summed E-state index contributed by atoms with van der Waals surface area (Å²) in [5, 5.41) is 2.65. The van der Waals surface area contributed by atoms with Crippen molar-refractivity contribution in [2.24, 2.45) is 0 Å². The molecular formula is C21H25BrN4O8. The minimum absolute atomic E-state index is 0.0924. The third-order valence-electron chi connectivity index (χ3n) is 5.41. The third-order valence-corrected chi connectivity index (χ3v) is 6.41. The molecule has 4 rings (SSSR count). The summed E-state index contributed by atoms with van der Waals surface area (Å²) in [5.41, 5.74) is 0.580. The Balaban J connectivity index is 1.58. The van der Waals surface area contributed by atoms with E-state index in [9.17, 15) is 14.4 Å². The molecule has 4 heterocycles. The number of aromatic amines is 1. The van der Waals surface area contributed by atoms with Crippen LogP contribution in [0.25, 0.3) is 11.0 Å². The van der Waals surface area contributed by atoms with Crippen LogP contribution in [-0.4, -0.2) is 68.0 Å². The average molecular weight is 541 g/mol. The molecule has 5 atom stereocenters. The Morgan fingerprint density at radius 2 is 2.00 bits per heavy atom. The maximum atomic E-state index is 12.0. The van der Waals surface area contributed by atoms with E-state index in [2.05, 4.69) is 36.2 Å². The second-order valence-corrected chi connectivity index (χ2v) is 9.72. The first-order valence-electron chi connectivity index (χ1n) is 10.5. The van der Waals surface area contributed by atoms with E-state index in [4.69, 9.17) is 23.7 Å². The highest BCUT2D eigenvalue weighted by Crippen LogP contribution is 2.43. The Morgan fingerprint density at radius 1 is 1.26 bits per heavy atom. The van der Waals surface area contributed by atoms with Gasteiger partial charge in [0.2, 0.25) is 5.91 Å². The first-order valence-corrected chi connectivity index (χ1v) is 11.5. The van der Waals surface area contributed by atoms with Gasteiger partial charge < -0.3 is 29.2 Å². The van der Waals surface area contributed by atoms with E-state index in [0.29, 0.717) is 22.4 Å². The number of H-pyrrole nitrogens is 1. The number of hydrogen-bond donors (Lipinski definition) is 2. The third kappa shape index (κ3) is 4.65. The first-order chi connectivity index (χ1) is 15.9. The number of aromatic nitrogens is 3. The number of carbonyl (C=O) groups excluding carboxylic acids is 3. The topological polar surface area (TPSA) is 151 Å². The van der Waals surface area contributed by atoms with E-state index in [1.165, 1.54) is 27.1 Å². The Kier molecular flexibility index (Phi) is 6.40. The highest BCUT2D eigenvalue weighted by atomic mass is 79.9. The highest BCUT2D eigenvalue weighted by Gasteiger charge is 2.53.